The number of pyridine rings is 1. The van der Waals surface area contributed by atoms with Crippen LogP contribution in [-0.2, 0) is 15.8 Å². The maximum Gasteiger partial charge on any atom is 0.231 e. The number of aliphatic hydroxyl groups is 1. The molecule has 1 aliphatic rings. The number of methoxy groups -OCH3 is 1. The molecule has 1 amide bonds. The molecule has 3 heterocycles. The predicted molar refractivity (Wildman–Crippen MR) is 148 cm³/mol. The summed E-state index contributed by atoms with van der Waals surface area (Å²) in [6, 6.07) is 12.2. The smallest absolute Gasteiger partial charge is 0.231 e. The highest BCUT2D eigenvalue weighted by molar-refractivity contribution is 5.97. The molecule has 2 atom stereocenters. The van der Waals surface area contributed by atoms with Crippen LogP contribution in [0.5, 0.6) is 11.5 Å². The molecule has 0 radical (unpaired) electrons. The minimum Gasteiger partial charge on any atom is -0.496 e. The highest BCUT2D eigenvalue weighted by atomic mass is 19.1. The van der Waals surface area contributed by atoms with E-state index in [-0.39, 0.29) is 30.9 Å². The number of carbonyl (C=O) groups is 2. The van der Waals surface area contributed by atoms with Gasteiger partial charge < -0.3 is 24.7 Å². The standard InChI is InChI=1S/C31H30FN3O6/c1-17-15-34-28(41-17)21-10-7-19(13-24(21)39-4)23(36)11-12-31(3,38)25-14-22-27(40-16-30(22,2)29(33)37)26(35-25)18-5-8-20(32)9-6-18/h5-10,13-15,38H,11-12,16H2,1-4H3,(H2,33,37)/t30-,31-/m0/s1. The molecule has 0 bridgehead atoms. The number of rotatable bonds is 9. The maximum atomic E-state index is 13.6. The van der Waals surface area contributed by atoms with Gasteiger partial charge in [-0.05, 0) is 69.7 Å². The number of nitrogens with two attached hydrogens (primary N) is 1. The van der Waals surface area contributed by atoms with Gasteiger partial charge in [-0.2, -0.15) is 0 Å². The Morgan fingerprint density at radius 3 is 2.56 bits per heavy atom. The zero-order valence-electron chi connectivity index (χ0n) is 23.2. The lowest BCUT2D eigenvalue weighted by Gasteiger charge is -2.26. The second-order valence-electron chi connectivity index (χ2n) is 10.6. The highest BCUT2D eigenvalue weighted by Gasteiger charge is 2.45. The average molecular weight is 560 g/mol. The van der Waals surface area contributed by atoms with Gasteiger partial charge in [0.2, 0.25) is 11.8 Å². The molecular formula is C31H30FN3O6. The summed E-state index contributed by atoms with van der Waals surface area (Å²) in [4.78, 5) is 34.5. The van der Waals surface area contributed by atoms with Crippen LogP contribution in [0.25, 0.3) is 22.7 Å². The van der Waals surface area contributed by atoms with Crippen molar-refractivity contribution in [3.05, 3.63) is 83.1 Å². The molecule has 5 rings (SSSR count). The lowest BCUT2D eigenvalue weighted by molar-refractivity contribution is -0.123. The fourth-order valence-corrected chi connectivity index (χ4v) is 4.82. The summed E-state index contributed by atoms with van der Waals surface area (Å²) in [6.07, 6.45) is 1.61. The van der Waals surface area contributed by atoms with Gasteiger partial charge in [-0.15, -0.1) is 0 Å². The van der Waals surface area contributed by atoms with Crippen LogP contribution < -0.4 is 15.2 Å². The molecule has 1 aliphatic heterocycles. The molecule has 0 aliphatic carbocycles. The van der Waals surface area contributed by atoms with Crippen molar-refractivity contribution < 1.29 is 33.0 Å². The van der Waals surface area contributed by atoms with Crippen molar-refractivity contribution in [2.45, 2.75) is 44.6 Å². The maximum absolute atomic E-state index is 13.6. The Balaban J connectivity index is 1.44. The zero-order valence-corrected chi connectivity index (χ0v) is 23.2. The summed E-state index contributed by atoms with van der Waals surface area (Å²) < 4.78 is 30.6. The van der Waals surface area contributed by atoms with Crippen LogP contribution >= 0.6 is 0 Å². The van der Waals surface area contributed by atoms with Gasteiger partial charge >= 0.3 is 0 Å². The van der Waals surface area contributed by atoms with Gasteiger partial charge in [-0.25, -0.2) is 14.4 Å². The lowest BCUT2D eigenvalue weighted by Crippen LogP contribution is -2.40. The molecule has 2 aromatic carbocycles. The topological polar surface area (TPSA) is 138 Å². The molecule has 0 saturated heterocycles. The molecule has 4 aromatic rings. The molecular weight excluding hydrogens is 529 g/mol. The van der Waals surface area contributed by atoms with E-state index in [1.54, 1.807) is 63.4 Å². The molecule has 0 fully saturated rings. The molecule has 0 saturated carbocycles. The van der Waals surface area contributed by atoms with Gasteiger partial charge in [-0.1, -0.05) is 6.07 Å². The highest BCUT2D eigenvalue weighted by Crippen LogP contribution is 2.46. The minimum atomic E-state index is -1.57. The number of fused-ring (bicyclic) bond motifs is 1. The summed E-state index contributed by atoms with van der Waals surface area (Å²) >= 11 is 0. The first-order chi connectivity index (χ1) is 19.4. The summed E-state index contributed by atoms with van der Waals surface area (Å²) in [7, 11) is 1.50. The summed E-state index contributed by atoms with van der Waals surface area (Å²) in [5, 5.41) is 11.6. The van der Waals surface area contributed by atoms with Gasteiger partial charge in [0.1, 0.15) is 46.4 Å². The number of hydrogen-bond donors (Lipinski definition) is 2. The fraction of sp³-hybridized carbons (Fsp3) is 0.290. The molecule has 0 unspecified atom stereocenters. The third-order valence-corrected chi connectivity index (χ3v) is 7.50. The van der Waals surface area contributed by atoms with Crippen molar-refractivity contribution in [3.8, 4) is 34.2 Å². The Labute approximate surface area is 236 Å². The van der Waals surface area contributed by atoms with Gasteiger partial charge in [-0.3, -0.25) is 9.59 Å². The largest absolute Gasteiger partial charge is 0.496 e. The molecule has 212 valence electrons. The van der Waals surface area contributed by atoms with Crippen molar-refractivity contribution in [2.24, 2.45) is 5.73 Å². The van der Waals surface area contributed by atoms with Crippen LogP contribution in [0.2, 0.25) is 0 Å². The normalized spacial score (nSPS) is 17.4. The van der Waals surface area contributed by atoms with E-state index >= 15 is 0 Å². The number of Topliss-reactive ketones (excluding diaryl/α,β-unsaturated/α-hetero) is 1. The summed E-state index contributed by atoms with van der Waals surface area (Å²) in [5.74, 6) is 0.578. The number of halogens is 1. The van der Waals surface area contributed by atoms with Crippen molar-refractivity contribution in [1.82, 2.24) is 9.97 Å². The lowest BCUT2D eigenvalue weighted by atomic mass is 9.81. The predicted octanol–water partition coefficient (Wildman–Crippen LogP) is 4.87. The zero-order chi connectivity index (χ0) is 29.5. The quantitative estimate of drug-likeness (QED) is 0.277. The van der Waals surface area contributed by atoms with E-state index in [0.29, 0.717) is 51.1 Å². The van der Waals surface area contributed by atoms with Crippen LogP contribution in [0.15, 0.2) is 59.1 Å². The van der Waals surface area contributed by atoms with Gasteiger partial charge in [0.15, 0.2) is 5.78 Å². The molecule has 10 heteroatoms. The minimum absolute atomic E-state index is 0.00253. The van der Waals surface area contributed by atoms with E-state index in [1.165, 1.54) is 19.2 Å². The van der Waals surface area contributed by atoms with Crippen LogP contribution in [0.1, 0.15) is 54.1 Å². The summed E-state index contributed by atoms with van der Waals surface area (Å²) in [5.41, 5.74) is 5.60. The number of primary amides is 1. The van der Waals surface area contributed by atoms with Crippen LogP contribution in [0.3, 0.4) is 0 Å². The Kier molecular flexibility index (Phi) is 7.12. The van der Waals surface area contributed by atoms with Gasteiger partial charge in [0.25, 0.3) is 0 Å². The van der Waals surface area contributed by atoms with Crippen LogP contribution in [-0.4, -0.2) is 40.5 Å². The first-order valence-electron chi connectivity index (χ1n) is 13.0. The van der Waals surface area contributed by atoms with Crippen molar-refractivity contribution in [1.29, 1.82) is 0 Å². The van der Waals surface area contributed by atoms with E-state index < -0.39 is 22.7 Å². The number of benzene rings is 2. The second-order valence-corrected chi connectivity index (χ2v) is 10.6. The van der Waals surface area contributed by atoms with E-state index in [9.17, 15) is 19.1 Å². The molecule has 3 N–H and O–H groups in total. The van der Waals surface area contributed by atoms with Crippen LogP contribution in [0.4, 0.5) is 4.39 Å². The SMILES string of the molecule is COc1cc(C(=O)CC[C@](C)(O)c2cc3c(c(-c4ccc(F)cc4)n2)OC[C@]3(C)C(N)=O)ccc1-c1ncc(C)o1. The van der Waals surface area contributed by atoms with Crippen molar-refractivity contribution >= 4 is 11.7 Å². The number of aromatic nitrogens is 2. The number of ketones is 1. The third-order valence-electron chi connectivity index (χ3n) is 7.50. The number of carbonyl (C=O) groups excluding carboxylic acids is 2. The first kappa shape index (κ1) is 28.0. The Morgan fingerprint density at radius 1 is 1.20 bits per heavy atom. The summed E-state index contributed by atoms with van der Waals surface area (Å²) in [6.45, 7) is 5.00. The van der Waals surface area contributed by atoms with E-state index in [1.807, 2.05) is 0 Å². The Morgan fingerprint density at radius 2 is 1.93 bits per heavy atom. The number of ether oxygens (including phenoxy) is 2. The number of aryl methyl sites for hydroxylation is 1. The van der Waals surface area contributed by atoms with E-state index in [4.69, 9.17) is 19.6 Å². The Bertz CT molecular complexity index is 1650. The molecule has 41 heavy (non-hydrogen) atoms. The fourth-order valence-electron chi connectivity index (χ4n) is 4.82. The average Bonchev–Trinajstić information content (AvgIpc) is 3.55. The Hall–Kier alpha value is -4.57. The van der Waals surface area contributed by atoms with E-state index in [2.05, 4.69) is 9.97 Å². The van der Waals surface area contributed by atoms with Gasteiger partial charge in [0.05, 0.1) is 24.6 Å². The molecule has 0 spiro atoms. The monoisotopic (exact) mass is 559 g/mol. The third kappa shape index (κ3) is 5.18. The number of oxazole rings is 1. The number of amides is 1. The first-order valence-corrected chi connectivity index (χ1v) is 13.0. The van der Waals surface area contributed by atoms with E-state index in [0.717, 1.165) is 0 Å². The molecule has 9 nitrogen and oxygen atoms in total. The van der Waals surface area contributed by atoms with Gasteiger partial charge in [0, 0.05) is 23.1 Å². The number of hydrogen-bond acceptors (Lipinski definition) is 8. The molecule has 2 aromatic heterocycles. The second kappa shape index (κ2) is 10.4. The van der Waals surface area contributed by atoms with Crippen molar-refractivity contribution in [2.75, 3.05) is 13.7 Å². The van der Waals surface area contributed by atoms with Crippen LogP contribution in [0, 0.1) is 12.7 Å². The number of nitrogens with zero attached hydrogens (tertiary/aromatic N) is 2. The van der Waals surface area contributed by atoms with Crippen molar-refractivity contribution in [3.63, 3.8) is 0 Å².